The third kappa shape index (κ3) is 5.57. The second-order valence-electron chi connectivity index (χ2n) is 5.05. The van der Waals surface area contributed by atoms with E-state index in [2.05, 4.69) is 10.6 Å². The van der Waals surface area contributed by atoms with Gasteiger partial charge in [0.2, 0.25) is 5.91 Å². The number of nitrogens with zero attached hydrogens (tertiary/aromatic N) is 1. The van der Waals surface area contributed by atoms with Crippen molar-refractivity contribution in [1.29, 1.82) is 0 Å². The summed E-state index contributed by atoms with van der Waals surface area (Å²) in [5.74, 6) is -1.65. The minimum Gasteiger partial charge on any atom is -0.325 e. The average Bonchev–Trinajstić information content (AvgIpc) is 2.38. The van der Waals surface area contributed by atoms with Gasteiger partial charge in [-0.1, -0.05) is 0 Å². The molecule has 2 rings (SSSR count). The first-order valence-electron chi connectivity index (χ1n) is 6.72. The molecule has 0 saturated carbocycles. The van der Waals surface area contributed by atoms with Crippen molar-refractivity contribution in [3.63, 3.8) is 0 Å². The predicted molar refractivity (Wildman–Crippen MR) is 80.8 cm³/mol. The van der Waals surface area contributed by atoms with Gasteiger partial charge in [0.25, 0.3) is 0 Å². The average molecular weight is 320 g/mol. The van der Waals surface area contributed by atoms with E-state index >= 15 is 0 Å². The van der Waals surface area contributed by atoms with Crippen LogP contribution >= 0.6 is 12.4 Å². The van der Waals surface area contributed by atoms with E-state index in [0.29, 0.717) is 6.04 Å². The number of carbonyl (C=O) groups excluding carboxylic acids is 1. The lowest BCUT2D eigenvalue weighted by molar-refractivity contribution is -0.117. The van der Waals surface area contributed by atoms with Crippen LogP contribution in [0.4, 0.5) is 14.5 Å². The fourth-order valence-corrected chi connectivity index (χ4v) is 2.41. The molecular weight excluding hydrogens is 300 g/mol. The van der Waals surface area contributed by atoms with Gasteiger partial charge in [-0.2, -0.15) is 0 Å². The van der Waals surface area contributed by atoms with Crippen LogP contribution in [0.3, 0.4) is 0 Å². The second-order valence-corrected chi connectivity index (χ2v) is 5.05. The molecule has 0 spiro atoms. The summed E-state index contributed by atoms with van der Waals surface area (Å²) in [5.41, 5.74) is 0.151. The third-order valence-corrected chi connectivity index (χ3v) is 3.51. The molecule has 0 aromatic heterocycles. The highest BCUT2D eigenvalue weighted by molar-refractivity contribution is 5.92. The molecule has 1 heterocycles. The SMILES string of the molecule is CNC1CCN(CC(=O)Nc2cc(F)cc(F)c2)CC1.Cl. The van der Waals surface area contributed by atoms with Gasteiger partial charge in [-0.05, 0) is 32.0 Å². The van der Waals surface area contributed by atoms with E-state index in [4.69, 9.17) is 0 Å². The van der Waals surface area contributed by atoms with E-state index in [-0.39, 0.29) is 30.5 Å². The molecule has 4 nitrogen and oxygen atoms in total. The van der Waals surface area contributed by atoms with Gasteiger partial charge in [-0.15, -0.1) is 12.4 Å². The molecule has 0 unspecified atom stereocenters. The molecule has 1 aromatic carbocycles. The van der Waals surface area contributed by atoms with Gasteiger partial charge in [-0.25, -0.2) is 8.78 Å². The van der Waals surface area contributed by atoms with E-state index < -0.39 is 11.6 Å². The Morgan fingerprint density at radius 3 is 2.33 bits per heavy atom. The van der Waals surface area contributed by atoms with Crippen LogP contribution in [-0.4, -0.2) is 43.5 Å². The zero-order chi connectivity index (χ0) is 14.5. The molecule has 1 saturated heterocycles. The number of piperidine rings is 1. The highest BCUT2D eigenvalue weighted by Gasteiger charge is 2.19. The Labute approximate surface area is 129 Å². The minimum absolute atomic E-state index is 0. The first-order chi connectivity index (χ1) is 9.56. The van der Waals surface area contributed by atoms with Gasteiger partial charge < -0.3 is 10.6 Å². The van der Waals surface area contributed by atoms with Gasteiger partial charge >= 0.3 is 0 Å². The monoisotopic (exact) mass is 319 g/mol. The van der Waals surface area contributed by atoms with Crippen molar-refractivity contribution >= 4 is 24.0 Å². The van der Waals surface area contributed by atoms with Crippen molar-refractivity contribution in [1.82, 2.24) is 10.2 Å². The fourth-order valence-electron chi connectivity index (χ4n) is 2.41. The van der Waals surface area contributed by atoms with Crippen molar-refractivity contribution in [2.45, 2.75) is 18.9 Å². The molecule has 118 valence electrons. The summed E-state index contributed by atoms with van der Waals surface area (Å²) < 4.78 is 26.0. The molecule has 1 amide bonds. The number of anilines is 1. The van der Waals surface area contributed by atoms with Crippen LogP contribution in [0.15, 0.2) is 18.2 Å². The summed E-state index contributed by atoms with van der Waals surface area (Å²) in [5, 5.41) is 5.74. The Balaban J connectivity index is 0.00000220. The molecule has 0 aliphatic carbocycles. The summed E-state index contributed by atoms with van der Waals surface area (Å²) in [4.78, 5) is 13.9. The highest BCUT2D eigenvalue weighted by atomic mass is 35.5. The number of halogens is 3. The first-order valence-corrected chi connectivity index (χ1v) is 6.72. The fraction of sp³-hybridized carbons (Fsp3) is 0.500. The second kappa shape index (κ2) is 8.26. The van der Waals surface area contributed by atoms with Crippen LogP contribution in [0, 0.1) is 11.6 Å². The Morgan fingerprint density at radius 2 is 1.81 bits per heavy atom. The highest BCUT2D eigenvalue weighted by Crippen LogP contribution is 2.14. The smallest absolute Gasteiger partial charge is 0.238 e. The van der Waals surface area contributed by atoms with Gasteiger partial charge in [0.05, 0.1) is 6.54 Å². The molecular formula is C14H20ClF2N3O. The van der Waals surface area contributed by atoms with Crippen LogP contribution in [0.25, 0.3) is 0 Å². The van der Waals surface area contributed by atoms with Crippen molar-refractivity contribution in [2.24, 2.45) is 0 Å². The minimum atomic E-state index is -0.699. The lowest BCUT2D eigenvalue weighted by Gasteiger charge is -2.31. The van der Waals surface area contributed by atoms with Crippen LogP contribution in [0.1, 0.15) is 12.8 Å². The molecule has 7 heteroatoms. The van der Waals surface area contributed by atoms with Gasteiger partial charge in [0, 0.05) is 30.9 Å². The molecule has 0 radical (unpaired) electrons. The molecule has 1 aromatic rings. The Morgan fingerprint density at radius 1 is 1.24 bits per heavy atom. The Bertz CT molecular complexity index is 459. The number of hydrogen-bond acceptors (Lipinski definition) is 3. The molecule has 21 heavy (non-hydrogen) atoms. The molecule has 0 bridgehead atoms. The topological polar surface area (TPSA) is 44.4 Å². The van der Waals surface area contributed by atoms with E-state index in [1.54, 1.807) is 0 Å². The van der Waals surface area contributed by atoms with Crippen LogP contribution in [-0.2, 0) is 4.79 Å². The largest absolute Gasteiger partial charge is 0.325 e. The normalized spacial score (nSPS) is 16.3. The van der Waals surface area contributed by atoms with E-state index in [1.165, 1.54) is 0 Å². The zero-order valence-corrected chi connectivity index (χ0v) is 12.7. The van der Waals surface area contributed by atoms with E-state index in [1.807, 2.05) is 11.9 Å². The van der Waals surface area contributed by atoms with E-state index in [0.717, 1.165) is 44.1 Å². The molecule has 0 atom stereocenters. The van der Waals surface area contributed by atoms with Crippen molar-refractivity contribution in [3.8, 4) is 0 Å². The molecule has 1 aliphatic heterocycles. The third-order valence-electron chi connectivity index (χ3n) is 3.51. The Kier molecular flexibility index (Phi) is 7.01. The number of carbonyl (C=O) groups is 1. The number of rotatable bonds is 4. The summed E-state index contributed by atoms with van der Waals surface area (Å²) in [6.07, 6.45) is 2.00. The number of amides is 1. The predicted octanol–water partition coefficient (Wildman–Crippen LogP) is 2.01. The number of hydrogen-bond donors (Lipinski definition) is 2. The van der Waals surface area contributed by atoms with Crippen LogP contribution < -0.4 is 10.6 Å². The number of likely N-dealkylation sites (tertiary alicyclic amines) is 1. The summed E-state index contributed by atoms with van der Waals surface area (Å²) >= 11 is 0. The maximum atomic E-state index is 13.0. The van der Waals surface area contributed by atoms with Crippen molar-refractivity contribution < 1.29 is 13.6 Å². The molecule has 2 N–H and O–H groups in total. The van der Waals surface area contributed by atoms with Crippen molar-refractivity contribution in [3.05, 3.63) is 29.8 Å². The molecule has 1 fully saturated rings. The maximum absolute atomic E-state index is 13.0. The van der Waals surface area contributed by atoms with Crippen molar-refractivity contribution in [2.75, 3.05) is 32.0 Å². The van der Waals surface area contributed by atoms with Crippen LogP contribution in [0.2, 0.25) is 0 Å². The zero-order valence-electron chi connectivity index (χ0n) is 11.9. The lowest BCUT2D eigenvalue weighted by atomic mass is 10.1. The van der Waals surface area contributed by atoms with Crippen LogP contribution in [0.5, 0.6) is 0 Å². The summed E-state index contributed by atoms with van der Waals surface area (Å²) in [7, 11) is 1.94. The lowest BCUT2D eigenvalue weighted by Crippen LogP contribution is -2.44. The van der Waals surface area contributed by atoms with Gasteiger partial charge in [0.15, 0.2) is 0 Å². The van der Waals surface area contributed by atoms with E-state index in [9.17, 15) is 13.6 Å². The number of benzene rings is 1. The quantitative estimate of drug-likeness (QED) is 0.892. The standard InChI is InChI=1S/C14H19F2N3O.ClH/c1-17-12-2-4-19(5-3-12)9-14(20)18-13-7-10(15)6-11(16)8-13;/h6-8,12,17H,2-5,9H2,1H3,(H,18,20);1H. The first kappa shape index (κ1) is 17.8. The summed E-state index contributed by atoms with van der Waals surface area (Å²) in [6, 6.07) is 3.49. The van der Waals surface area contributed by atoms with Gasteiger partial charge in [0.1, 0.15) is 11.6 Å². The molecule has 1 aliphatic rings. The number of nitrogens with one attached hydrogen (secondary N) is 2. The maximum Gasteiger partial charge on any atom is 0.238 e. The summed E-state index contributed by atoms with van der Waals surface area (Å²) in [6.45, 7) is 1.93. The Hall–Kier alpha value is -1.24. The van der Waals surface area contributed by atoms with Gasteiger partial charge in [-0.3, -0.25) is 9.69 Å².